The smallest absolute Gasteiger partial charge is 0.336 e. The van der Waals surface area contributed by atoms with E-state index in [1.165, 1.54) is 18.2 Å². The molecule has 1 unspecified atom stereocenters. The van der Waals surface area contributed by atoms with Crippen molar-refractivity contribution in [1.29, 1.82) is 0 Å². The van der Waals surface area contributed by atoms with Crippen LogP contribution >= 0.6 is 0 Å². The highest BCUT2D eigenvalue weighted by molar-refractivity contribution is 5.89. The van der Waals surface area contributed by atoms with Gasteiger partial charge in [0, 0.05) is 23.6 Å². The van der Waals surface area contributed by atoms with Crippen LogP contribution in [0.4, 0.5) is 4.39 Å². The summed E-state index contributed by atoms with van der Waals surface area (Å²) in [5.74, 6) is -0.510. The lowest BCUT2D eigenvalue weighted by atomic mass is 10.0. The minimum atomic E-state index is -0.936. The summed E-state index contributed by atoms with van der Waals surface area (Å²) < 4.78 is 36.2. The number of aliphatic hydroxyl groups excluding tert-OH is 1. The van der Waals surface area contributed by atoms with Crippen LogP contribution in [0.2, 0.25) is 0 Å². The Hall–Kier alpha value is -4.53. The number of hydrogen-bond donors (Lipinski definition) is 1. The van der Waals surface area contributed by atoms with Crippen LogP contribution in [0.5, 0.6) is 11.5 Å². The number of unbranched alkanes of at least 4 members (excludes halogenated alkanes) is 1. The van der Waals surface area contributed by atoms with Crippen molar-refractivity contribution in [3.8, 4) is 22.6 Å². The van der Waals surface area contributed by atoms with Crippen LogP contribution < -0.4 is 9.47 Å². The van der Waals surface area contributed by atoms with Crippen molar-refractivity contribution < 1.29 is 38.0 Å². The predicted octanol–water partition coefficient (Wildman–Crippen LogP) is 6.84. The molecule has 7 nitrogen and oxygen atoms in total. The molecule has 0 aliphatic carbocycles. The average Bonchev–Trinajstić information content (AvgIpc) is 2.99. The first kappa shape index (κ1) is 33.0. The summed E-state index contributed by atoms with van der Waals surface area (Å²) in [5.41, 5.74) is 3.58. The molecule has 0 heterocycles. The quantitative estimate of drug-likeness (QED) is 0.0489. The lowest BCUT2D eigenvalue weighted by Gasteiger charge is -2.11. The van der Waals surface area contributed by atoms with Gasteiger partial charge in [-0.3, -0.25) is 0 Å². The number of ether oxygens (including phenoxy) is 4. The second-order valence-corrected chi connectivity index (χ2v) is 9.95. The fourth-order valence-corrected chi connectivity index (χ4v) is 3.73. The highest BCUT2D eigenvalue weighted by Crippen LogP contribution is 2.25. The number of rotatable bonds is 16. The van der Waals surface area contributed by atoms with E-state index in [0.717, 1.165) is 24.0 Å². The molecule has 0 aliphatic rings. The zero-order chi connectivity index (χ0) is 31.2. The molecule has 0 radical (unpaired) electrons. The molecule has 226 valence electrons. The maximum Gasteiger partial charge on any atom is 0.336 e. The van der Waals surface area contributed by atoms with Gasteiger partial charge in [0.1, 0.15) is 17.3 Å². The van der Waals surface area contributed by atoms with E-state index >= 15 is 0 Å². The van der Waals surface area contributed by atoms with Gasteiger partial charge in [-0.15, -0.1) is 0 Å². The minimum absolute atomic E-state index is 0.221. The number of hydrogen-bond acceptors (Lipinski definition) is 7. The van der Waals surface area contributed by atoms with E-state index in [1.54, 1.807) is 50.2 Å². The number of carbonyl (C=O) groups excluding carboxylic acids is 2. The molecule has 0 aromatic heterocycles. The first-order chi connectivity index (χ1) is 20.6. The van der Waals surface area contributed by atoms with Crippen molar-refractivity contribution in [1.82, 2.24) is 0 Å². The van der Waals surface area contributed by atoms with Gasteiger partial charge in [0.25, 0.3) is 0 Å². The maximum absolute atomic E-state index is 14.8. The molecular formula is C35H37FO7. The second kappa shape index (κ2) is 16.8. The largest absolute Gasteiger partial charge is 0.494 e. The van der Waals surface area contributed by atoms with Crippen LogP contribution in [0.25, 0.3) is 17.2 Å². The van der Waals surface area contributed by atoms with Gasteiger partial charge in [0.15, 0.2) is 6.29 Å². The second-order valence-electron chi connectivity index (χ2n) is 9.95. The molecule has 0 amide bonds. The third kappa shape index (κ3) is 11.3. The van der Waals surface area contributed by atoms with Crippen molar-refractivity contribution in [2.45, 2.75) is 39.4 Å². The van der Waals surface area contributed by atoms with Crippen molar-refractivity contribution in [3.05, 3.63) is 114 Å². The molecule has 3 aromatic rings. The third-order valence-corrected chi connectivity index (χ3v) is 6.21. The van der Waals surface area contributed by atoms with E-state index in [9.17, 15) is 19.1 Å². The lowest BCUT2D eigenvalue weighted by Crippen LogP contribution is -2.13. The van der Waals surface area contributed by atoms with Gasteiger partial charge in [-0.1, -0.05) is 49.6 Å². The molecule has 43 heavy (non-hydrogen) atoms. The van der Waals surface area contributed by atoms with E-state index in [2.05, 4.69) is 13.2 Å². The first-order valence-electron chi connectivity index (χ1n) is 13.9. The van der Waals surface area contributed by atoms with Crippen molar-refractivity contribution in [2.24, 2.45) is 0 Å². The Bertz CT molecular complexity index is 1430. The van der Waals surface area contributed by atoms with Crippen molar-refractivity contribution in [3.63, 3.8) is 0 Å². The Labute approximate surface area is 251 Å². The first-order valence-corrected chi connectivity index (χ1v) is 13.9. The fraction of sp³-hybridized carbons (Fsp3) is 0.257. The van der Waals surface area contributed by atoms with E-state index < -0.39 is 24.0 Å². The van der Waals surface area contributed by atoms with Crippen LogP contribution in [0, 0.1) is 5.82 Å². The van der Waals surface area contributed by atoms with Crippen molar-refractivity contribution >= 4 is 18.0 Å². The Balaban J connectivity index is 1.45. The Kier molecular flexibility index (Phi) is 12.9. The number of esters is 2. The van der Waals surface area contributed by atoms with E-state index in [4.69, 9.17) is 18.9 Å². The molecule has 0 saturated carbocycles. The summed E-state index contributed by atoms with van der Waals surface area (Å²) in [7, 11) is 0. The number of benzene rings is 3. The zero-order valence-electron chi connectivity index (χ0n) is 24.5. The molecular weight excluding hydrogens is 551 g/mol. The molecule has 1 atom stereocenters. The fourth-order valence-electron chi connectivity index (χ4n) is 3.73. The van der Waals surface area contributed by atoms with Crippen molar-refractivity contribution in [2.75, 3.05) is 19.8 Å². The van der Waals surface area contributed by atoms with E-state index in [0.29, 0.717) is 47.8 Å². The van der Waals surface area contributed by atoms with Gasteiger partial charge in [-0.2, -0.15) is 0 Å². The number of aliphatic hydroxyl groups is 1. The standard InChI is InChI=1S/C35H37FO7/c1-24(2)34(38)41-21-6-5-20-40-30-16-11-27(12-17-30)29-10-9-28(32(36)23-29)13-18-33(37)43-31-14-7-26(8-15-31)19-22-42-35(39)25(3)4/h7-18,23,34,38H,1,3,5-6,19-22H2,2,4H3/b18-13+. The maximum atomic E-state index is 14.8. The van der Waals surface area contributed by atoms with E-state index in [-0.39, 0.29) is 12.2 Å². The van der Waals surface area contributed by atoms with Crippen LogP contribution in [0.3, 0.4) is 0 Å². The summed E-state index contributed by atoms with van der Waals surface area (Å²) in [6, 6.07) is 19.0. The van der Waals surface area contributed by atoms with Crippen LogP contribution in [-0.2, 0) is 25.5 Å². The number of carbonyl (C=O) groups is 2. The molecule has 8 heteroatoms. The lowest BCUT2D eigenvalue weighted by molar-refractivity contribution is -0.138. The topological polar surface area (TPSA) is 91.3 Å². The predicted molar refractivity (Wildman–Crippen MR) is 164 cm³/mol. The molecule has 0 spiro atoms. The highest BCUT2D eigenvalue weighted by Gasteiger charge is 2.08. The van der Waals surface area contributed by atoms with Gasteiger partial charge in [0.2, 0.25) is 0 Å². The summed E-state index contributed by atoms with van der Waals surface area (Å²) >= 11 is 0. The molecule has 1 N–H and O–H groups in total. The Morgan fingerprint density at radius 3 is 2.19 bits per heavy atom. The van der Waals surface area contributed by atoms with Crippen LogP contribution in [0.1, 0.15) is 37.8 Å². The summed E-state index contributed by atoms with van der Waals surface area (Å²) in [6.07, 6.45) is 3.62. The number of halogens is 1. The van der Waals surface area contributed by atoms with Gasteiger partial charge in [-0.05, 0) is 85.4 Å². The molecule has 0 bridgehead atoms. The third-order valence-electron chi connectivity index (χ3n) is 6.21. The zero-order valence-corrected chi connectivity index (χ0v) is 24.5. The summed E-state index contributed by atoms with van der Waals surface area (Å²) in [4.78, 5) is 23.7. The molecule has 0 saturated heterocycles. The Morgan fingerprint density at radius 1 is 0.884 bits per heavy atom. The monoisotopic (exact) mass is 588 g/mol. The van der Waals surface area contributed by atoms with Gasteiger partial charge in [-0.25, -0.2) is 14.0 Å². The average molecular weight is 589 g/mol. The van der Waals surface area contributed by atoms with Crippen LogP contribution in [0.15, 0.2) is 97.1 Å². The normalized spacial score (nSPS) is 11.6. The summed E-state index contributed by atoms with van der Waals surface area (Å²) in [5, 5.41) is 9.55. The highest BCUT2D eigenvalue weighted by atomic mass is 19.1. The van der Waals surface area contributed by atoms with E-state index in [1.807, 2.05) is 24.3 Å². The minimum Gasteiger partial charge on any atom is -0.494 e. The van der Waals surface area contributed by atoms with Gasteiger partial charge in [0.05, 0.1) is 19.8 Å². The SMILES string of the molecule is C=C(C)C(=O)OCCc1ccc(OC(=O)/C=C/c2ccc(-c3ccc(OCCCCOC(O)C(=C)C)cc3)cc2F)cc1. The molecule has 0 fully saturated rings. The Morgan fingerprint density at radius 2 is 1.53 bits per heavy atom. The summed E-state index contributed by atoms with van der Waals surface area (Å²) in [6.45, 7) is 11.6. The van der Waals surface area contributed by atoms with Gasteiger partial charge < -0.3 is 24.1 Å². The molecule has 3 aromatic carbocycles. The van der Waals surface area contributed by atoms with Crippen LogP contribution in [-0.4, -0.2) is 43.2 Å². The van der Waals surface area contributed by atoms with Gasteiger partial charge >= 0.3 is 11.9 Å². The molecule has 3 rings (SSSR count). The molecule has 0 aliphatic heterocycles.